The number of carbonyl (C=O) groups is 2. The Hall–Kier alpha value is -2.45. The molecule has 1 unspecified atom stereocenters. The number of aromatic nitrogens is 2. The molecule has 1 saturated heterocycles. The lowest BCUT2D eigenvalue weighted by Gasteiger charge is -2.35. The molecular weight excluding hydrogens is 432 g/mol. The lowest BCUT2D eigenvalue weighted by molar-refractivity contribution is -0.144. The fourth-order valence-corrected chi connectivity index (χ4v) is 3.93. The molecule has 8 nitrogen and oxygen atoms in total. The van der Waals surface area contributed by atoms with Gasteiger partial charge in [-0.15, -0.1) is 0 Å². The number of likely N-dealkylation sites (tertiary alicyclic amines) is 1. The van der Waals surface area contributed by atoms with Gasteiger partial charge in [-0.25, -0.2) is 0 Å². The summed E-state index contributed by atoms with van der Waals surface area (Å²) < 4.78 is 10.7. The summed E-state index contributed by atoms with van der Waals surface area (Å²) in [5, 5.41) is 4.73. The Morgan fingerprint density at radius 3 is 2.72 bits per heavy atom. The number of hydrogen-bond acceptors (Lipinski definition) is 6. The molecule has 1 atom stereocenters. The van der Waals surface area contributed by atoms with Gasteiger partial charge in [-0.2, -0.15) is 4.98 Å². The number of rotatable bonds is 9. The van der Waals surface area contributed by atoms with Crippen molar-refractivity contribution in [3.8, 4) is 11.4 Å². The topological polar surface area (TPSA) is 88.8 Å². The minimum absolute atomic E-state index is 0.0175. The van der Waals surface area contributed by atoms with E-state index in [0.717, 1.165) is 24.8 Å². The van der Waals surface area contributed by atoms with Crippen LogP contribution in [0.5, 0.6) is 0 Å². The molecule has 0 aliphatic carbocycles. The van der Waals surface area contributed by atoms with Crippen molar-refractivity contribution in [3.63, 3.8) is 0 Å². The molecule has 0 bridgehead atoms. The van der Waals surface area contributed by atoms with Crippen LogP contribution in [-0.4, -0.2) is 65.1 Å². The monoisotopic (exact) mass is 462 g/mol. The first kappa shape index (κ1) is 24.2. The van der Waals surface area contributed by atoms with Crippen molar-refractivity contribution in [1.82, 2.24) is 19.9 Å². The van der Waals surface area contributed by atoms with E-state index in [0.29, 0.717) is 42.9 Å². The number of carbonyl (C=O) groups excluding carboxylic acids is 2. The molecule has 2 amide bonds. The summed E-state index contributed by atoms with van der Waals surface area (Å²) in [5.74, 6) is 0.939. The average Bonchev–Trinajstić information content (AvgIpc) is 3.26. The summed E-state index contributed by atoms with van der Waals surface area (Å²) >= 11 is 5.96. The zero-order valence-corrected chi connectivity index (χ0v) is 19.7. The van der Waals surface area contributed by atoms with E-state index >= 15 is 0 Å². The van der Waals surface area contributed by atoms with E-state index in [1.807, 2.05) is 26.0 Å². The van der Waals surface area contributed by atoms with Crippen molar-refractivity contribution in [2.75, 3.05) is 33.4 Å². The lowest BCUT2D eigenvalue weighted by Crippen LogP contribution is -2.47. The van der Waals surface area contributed by atoms with Crippen LogP contribution in [0.2, 0.25) is 5.02 Å². The Balaban J connectivity index is 1.74. The zero-order chi connectivity index (χ0) is 23.1. The first-order chi connectivity index (χ1) is 15.4. The van der Waals surface area contributed by atoms with E-state index < -0.39 is 0 Å². The highest BCUT2D eigenvalue weighted by Gasteiger charge is 2.33. The van der Waals surface area contributed by atoms with Crippen molar-refractivity contribution < 1.29 is 18.8 Å². The third-order valence-electron chi connectivity index (χ3n) is 5.48. The third kappa shape index (κ3) is 6.29. The van der Waals surface area contributed by atoms with Gasteiger partial charge in [0.05, 0.1) is 13.2 Å². The van der Waals surface area contributed by atoms with Crippen LogP contribution in [0, 0.1) is 5.92 Å². The van der Waals surface area contributed by atoms with Gasteiger partial charge in [0.2, 0.25) is 23.5 Å². The number of nitrogens with zero attached hydrogens (tertiary/aromatic N) is 4. The molecule has 1 aliphatic heterocycles. The van der Waals surface area contributed by atoms with Gasteiger partial charge in [0.15, 0.2) is 0 Å². The van der Waals surface area contributed by atoms with Crippen LogP contribution < -0.4 is 0 Å². The molecule has 1 fully saturated rings. The molecule has 0 N–H and O–H groups in total. The molecule has 0 saturated carbocycles. The second-order valence-corrected chi connectivity index (χ2v) is 8.90. The Morgan fingerprint density at radius 2 is 2.03 bits per heavy atom. The molecule has 3 rings (SSSR count). The van der Waals surface area contributed by atoms with Crippen LogP contribution in [0.3, 0.4) is 0 Å². The summed E-state index contributed by atoms with van der Waals surface area (Å²) in [5.41, 5.74) is 0.795. The maximum absolute atomic E-state index is 13.2. The molecule has 1 aromatic carbocycles. The molecule has 0 spiro atoms. The van der Waals surface area contributed by atoms with Crippen LogP contribution in [-0.2, 0) is 14.3 Å². The average molecular weight is 463 g/mol. The summed E-state index contributed by atoms with van der Waals surface area (Å²) in [4.78, 5) is 33.8. The number of benzene rings is 1. The van der Waals surface area contributed by atoms with Crippen molar-refractivity contribution in [2.45, 2.75) is 45.6 Å². The van der Waals surface area contributed by atoms with Crippen LogP contribution in [0.15, 0.2) is 28.8 Å². The highest BCUT2D eigenvalue weighted by Crippen LogP contribution is 2.31. The van der Waals surface area contributed by atoms with Gasteiger partial charge in [-0.3, -0.25) is 9.59 Å². The predicted molar refractivity (Wildman–Crippen MR) is 121 cm³/mol. The SMILES string of the molecule is COCCN(CC(=O)N1CCCCC1c1nc(-c2ccc(Cl)cc2)no1)C(=O)CC(C)C. The van der Waals surface area contributed by atoms with Crippen molar-refractivity contribution >= 4 is 23.4 Å². The fourth-order valence-electron chi connectivity index (χ4n) is 3.80. The Morgan fingerprint density at radius 1 is 1.28 bits per heavy atom. The van der Waals surface area contributed by atoms with Gasteiger partial charge < -0.3 is 19.1 Å². The molecule has 1 aromatic heterocycles. The molecule has 2 heterocycles. The molecule has 1 aliphatic rings. The number of hydrogen-bond donors (Lipinski definition) is 0. The van der Waals surface area contributed by atoms with E-state index in [1.54, 1.807) is 29.0 Å². The number of amides is 2. The fraction of sp³-hybridized carbons (Fsp3) is 0.565. The molecule has 32 heavy (non-hydrogen) atoms. The Kier molecular flexibility index (Phi) is 8.64. The molecule has 0 radical (unpaired) electrons. The number of methoxy groups -OCH3 is 1. The molecule has 2 aromatic rings. The van der Waals surface area contributed by atoms with Crippen molar-refractivity contribution in [2.24, 2.45) is 5.92 Å². The third-order valence-corrected chi connectivity index (χ3v) is 5.73. The zero-order valence-electron chi connectivity index (χ0n) is 18.9. The summed E-state index contributed by atoms with van der Waals surface area (Å²) in [6, 6.07) is 6.90. The summed E-state index contributed by atoms with van der Waals surface area (Å²) in [7, 11) is 1.58. The van der Waals surface area contributed by atoms with Gasteiger partial charge in [-0.1, -0.05) is 30.6 Å². The normalized spacial score (nSPS) is 16.4. The van der Waals surface area contributed by atoms with Gasteiger partial charge >= 0.3 is 0 Å². The summed E-state index contributed by atoms with van der Waals surface area (Å²) in [6.07, 6.45) is 3.01. The first-order valence-corrected chi connectivity index (χ1v) is 11.4. The minimum Gasteiger partial charge on any atom is -0.383 e. The lowest BCUT2D eigenvalue weighted by atomic mass is 10.0. The van der Waals surface area contributed by atoms with Crippen LogP contribution in [0.4, 0.5) is 0 Å². The van der Waals surface area contributed by atoms with Crippen LogP contribution >= 0.6 is 11.6 Å². The summed E-state index contributed by atoms with van der Waals surface area (Å²) in [6.45, 7) is 5.36. The van der Waals surface area contributed by atoms with E-state index in [4.69, 9.17) is 20.9 Å². The molecular formula is C23H31ClN4O4. The number of piperidine rings is 1. The maximum Gasteiger partial charge on any atom is 0.249 e. The van der Waals surface area contributed by atoms with Gasteiger partial charge in [0.1, 0.15) is 6.04 Å². The van der Waals surface area contributed by atoms with Crippen molar-refractivity contribution in [1.29, 1.82) is 0 Å². The second-order valence-electron chi connectivity index (χ2n) is 8.47. The van der Waals surface area contributed by atoms with E-state index in [1.165, 1.54) is 0 Å². The van der Waals surface area contributed by atoms with Gasteiger partial charge in [0, 0.05) is 37.2 Å². The highest BCUT2D eigenvalue weighted by atomic mass is 35.5. The molecule has 174 valence electrons. The first-order valence-electron chi connectivity index (χ1n) is 11.0. The van der Waals surface area contributed by atoms with Gasteiger partial charge in [-0.05, 0) is 49.4 Å². The van der Waals surface area contributed by atoms with Crippen molar-refractivity contribution in [3.05, 3.63) is 35.2 Å². The Labute approximate surface area is 193 Å². The van der Waals surface area contributed by atoms with Gasteiger partial charge in [0.25, 0.3) is 0 Å². The van der Waals surface area contributed by atoms with Crippen LogP contribution in [0.1, 0.15) is 51.5 Å². The van der Waals surface area contributed by atoms with Crippen LogP contribution in [0.25, 0.3) is 11.4 Å². The maximum atomic E-state index is 13.2. The quantitative estimate of drug-likeness (QED) is 0.560. The standard InChI is InChI=1S/C23H31ClN4O4/c1-16(2)14-20(29)27(12-13-31-3)15-21(30)28-11-5-4-6-19(28)23-25-22(26-32-23)17-7-9-18(24)10-8-17/h7-10,16,19H,4-6,11-15H2,1-3H3. The Bertz CT molecular complexity index is 900. The van der Waals surface area contributed by atoms with E-state index in [9.17, 15) is 9.59 Å². The van der Waals surface area contributed by atoms with E-state index in [2.05, 4.69) is 10.1 Å². The molecule has 9 heteroatoms. The van der Waals surface area contributed by atoms with E-state index in [-0.39, 0.29) is 30.3 Å². The number of ether oxygens (including phenoxy) is 1. The minimum atomic E-state index is -0.297. The smallest absolute Gasteiger partial charge is 0.249 e. The largest absolute Gasteiger partial charge is 0.383 e. The second kappa shape index (κ2) is 11.4. The highest BCUT2D eigenvalue weighted by molar-refractivity contribution is 6.30. The predicted octanol–water partition coefficient (Wildman–Crippen LogP) is 3.96. The number of halogens is 1.